The molecule has 2 atom stereocenters. The van der Waals surface area contributed by atoms with Crippen LogP contribution in [-0.4, -0.2) is 37.2 Å². The van der Waals surface area contributed by atoms with Crippen LogP contribution in [0.3, 0.4) is 0 Å². The van der Waals surface area contributed by atoms with E-state index in [0.29, 0.717) is 6.42 Å². The van der Waals surface area contributed by atoms with Crippen LogP contribution in [0.25, 0.3) is 0 Å². The van der Waals surface area contributed by atoms with Gasteiger partial charge in [0.05, 0.1) is 16.6 Å². The van der Waals surface area contributed by atoms with Crippen molar-refractivity contribution in [2.24, 2.45) is 5.92 Å². The second-order valence-electron chi connectivity index (χ2n) is 4.94. The van der Waals surface area contributed by atoms with Crippen molar-refractivity contribution in [3.05, 3.63) is 29.8 Å². The minimum atomic E-state index is -3.67. The fraction of sp³-hybridized carbons (Fsp3) is 0.462. The lowest BCUT2D eigenvalue weighted by Crippen LogP contribution is -2.32. The fourth-order valence-electron chi connectivity index (χ4n) is 2.33. The molecule has 1 saturated carbocycles. The molecule has 3 N–H and O–H groups in total. The summed E-state index contributed by atoms with van der Waals surface area (Å²) in [6, 6.07) is 5.02. The van der Waals surface area contributed by atoms with Gasteiger partial charge in [0, 0.05) is 6.54 Å². The lowest BCUT2D eigenvalue weighted by Gasteiger charge is -2.15. The molecule has 1 aliphatic carbocycles. The van der Waals surface area contributed by atoms with Crippen molar-refractivity contribution in [1.82, 2.24) is 4.72 Å². The third-order valence-electron chi connectivity index (χ3n) is 3.57. The Kier molecular flexibility index (Phi) is 4.42. The molecule has 6 nitrogen and oxygen atoms in total. The van der Waals surface area contributed by atoms with Crippen LogP contribution in [-0.2, 0) is 10.0 Å². The van der Waals surface area contributed by atoms with Crippen molar-refractivity contribution in [2.75, 3.05) is 6.54 Å². The maximum atomic E-state index is 12.0. The van der Waals surface area contributed by atoms with E-state index >= 15 is 0 Å². The van der Waals surface area contributed by atoms with Crippen molar-refractivity contribution >= 4 is 16.0 Å². The molecule has 110 valence electrons. The van der Waals surface area contributed by atoms with E-state index in [9.17, 15) is 18.3 Å². The molecule has 0 saturated heterocycles. The average Bonchev–Trinajstić information content (AvgIpc) is 2.82. The number of carboxylic acid groups (broad SMARTS) is 1. The average molecular weight is 299 g/mol. The van der Waals surface area contributed by atoms with Crippen LogP contribution in [0.4, 0.5) is 0 Å². The van der Waals surface area contributed by atoms with E-state index in [2.05, 4.69) is 4.72 Å². The van der Waals surface area contributed by atoms with E-state index in [-0.39, 0.29) is 22.9 Å². The molecule has 0 aliphatic heterocycles. The molecule has 1 fully saturated rings. The minimum Gasteiger partial charge on any atom is -0.478 e. The van der Waals surface area contributed by atoms with Gasteiger partial charge in [0.25, 0.3) is 0 Å². The summed E-state index contributed by atoms with van der Waals surface area (Å²) in [6.45, 7) is 0.199. The Bertz CT molecular complexity index is 581. The van der Waals surface area contributed by atoms with E-state index < -0.39 is 22.1 Å². The van der Waals surface area contributed by atoms with Crippen LogP contribution in [0.2, 0.25) is 0 Å². The maximum Gasteiger partial charge on any atom is 0.335 e. The highest BCUT2D eigenvalue weighted by molar-refractivity contribution is 7.89. The number of aliphatic hydroxyl groups excluding tert-OH is 1. The van der Waals surface area contributed by atoms with E-state index in [1.54, 1.807) is 0 Å². The van der Waals surface area contributed by atoms with Gasteiger partial charge in [-0.05, 0) is 43.0 Å². The molecule has 1 aliphatic rings. The van der Waals surface area contributed by atoms with E-state index in [4.69, 9.17) is 5.11 Å². The maximum absolute atomic E-state index is 12.0. The Labute approximate surface area is 117 Å². The lowest BCUT2D eigenvalue weighted by atomic mass is 10.1. The summed E-state index contributed by atoms with van der Waals surface area (Å²) in [6.07, 6.45) is 1.97. The molecule has 1 aromatic carbocycles. The van der Waals surface area contributed by atoms with Gasteiger partial charge in [-0.25, -0.2) is 17.9 Å². The lowest BCUT2D eigenvalue weighted by molar-refractivity contribution is 0.0696. The van der Waals surface area contributed by atoms with Gasteiger partial charge < -0.3 is 10.2 Å². The summed E-state index contributed by atoms with van der Waals surface area (Å²) in [5.74, 6) is -1.15. The number of carbonyl (C=O) groups is 1. The van der Waals surface area contributed by atoms with Crippen molar-refractivity contribution < 1.29 is 23.4 Å². The van der Waals surface area contributed by atoms with Gasteiger partial charge in [0.2, 0.25) is 10.0 Å². The molecule has 2 rings (SSSR count). The first kappa shape index (κ1) is 15.0. The number of sulfonamides is 1. The molecule has 0 spiro atoms. The number of nitrogens with one attached hydrogen (secondary N) is 1. The normalized spacial score (nSPS) is 22.9. The molecule has 0 aromatic heterocycles. The van der Waals surface area contributed by atoms with E-state index in [1.807, 2.05) is 0 Å². The van der Waals surface area contributed by atoms with Gasteiger partial charge in [0.1, 0.15) is 0 Å². The first-order chi connectivity index (χ1) is 9.40. The van der Waals surface area contributed by atoms with Crippen molar-refractivity contribution in [2.45, 2.75) is 30.3 Å². The van der Waals surface area contributed by atoms with Crippen molar-refractivity contribution in [1.29, 1.82) is 0 Å². The molecule has 2 unspecified atom stereocenters. The second kappa shape index (κ2) is 5.90. The minimum absolute atomic E-state index is 0.0231. The van der Waals surface area contributed by atoms with Crippen LogP contribution in [0, 0.1) is 5.92 Å². The predicted octanol–water partition coefficient (Wildman–Crippen LogP) is 0.824. The summed E-state index contributed by atoms with van der Waals surface area (Å²) in [7, 11) is -3.67. The fourth-order valence-corrected chi connectivity index (χ4v) is 3.43. The Morgan fingerprint density at radius 3 is 2.40 bits per heavy atom. The van der Waals surface area contributed by atoms with E-state index in [1.165, 1.54) is 24.3 Å². The van der Waals surface area contributed by atoms with Gasteiger partial charge in [-0.3, -0.25) is 0 Å². The number of hydrogen-bond acceptors (Lipinski definition) is 4. The van der Waals surface area contributed by atoms with Crippen LogP contribution in [0.15, 0.2) is 29.2 Å². The number of carboxylic acids is 1. The Morgan fingerprint density at radius 2 is 1.90 bits per heavy atom. The third kappa shape index (κ3) is 3.36. The highest BCUT2D eigenvalue weighted by Gasteiger charge is 2.26. The quantitative estimate of drug-likeness (QED) is 0.747. The molecule has 0 bridgehead atoms. The van der Waals surface area contributed by atoms with Crippen molar-refractivity contribution in [3.8, 4) is 0 Å². The first-order valence-corrected chi connectivity index (χ1v) is 7.89. The SMILES string of the molecule is O=C(O)c1ccc(S(=O)(=O)NCC2CCCC2O)cc1. The summed E-state index contributed by atoms with van der Waals surface area (Å²) in [5.41, 5.74) is 0.0372. The molecule has 0 radical (unpaired) electrons. The largest absolute Gasteiger partial charge is 0.478 e. The van der Waals surface area contributed by atoms with Gasteiger partial charge >= 0.3 is 5.97 Å². The highest BCUT2D eigenvalue weighted by Crippen LogP contribution is 2.25. The van der Waals surface area contributed by atoms with Crippen LogP contribution >= 0.6 is 0 Å². The first-order valence-electron chi connectivity index (χ1n) is 6.41. The monoisotopic (exact) mass is 299 g/mol. The number of aliphatic hydroxyl groups is 1. The van der Waals surface area contributed by atoms with E-state index in [0.717, 1.165) is 12.8 Å². The van der Waals surface area contributed by atoms with Crippen LogP contribution in [0.5, 0.6) is 0 Å². The predicted molar refractivity (Wildman–Crippen MR) is 71.9 cm³/mol. The zero-order valence-corrected chi connectivity index (χ0v) is 11.6. The van der Waals surface area contributed by atoms with Gasteiger partial charge in [-0.1, -0.05) is 6.42 Å². The van der Waals surface area contributed by atoms with Gasteiger partial charge in [-0.2, -0.15) is 0 Å². The second-order valence-corrected chi connectivity index (χ2v) is 6.71. The Hall–Kier alpha value is -1.44. The molecule has 7 heteroatoms. The zero-order valence-electron chi connectivity index (χ0n) is 10.8. The van der Waals surface area contributed by atoms with Crippen LogP contribution in [0.1, 0.15) is 29.6 Å². The van der Waals surface area contributed by atoms with Crippen LogP contribution < -0.4 is 4.72 Å². The number of aromatic carboxylic acids is 1. The third-order valence-corrected chi connectivity index (χ3v) is 5.01. The Morgan fingerprint density at radius 1 is 1.25 bits per heavy atom. The molecule has 20 heavy (non-hydrogen) atoms. The summed E-state index contributed by atoms with van der Waals surface area (Å²) >= 11 is 0. The molecule has 0 heterocycles. The van der Waals surface area contributed by atoms with Crippen molar-refractivity contribution in [3.63, 3.8) is 0 Å². The van der Waals surface area contributed by atoms with Gasteiger partial charge in [-0.15, -0.1) is 0 Å². The topological polar surface area (TPSA) is 104 Å². The highest BCUT2D eigenvalue weighted by atomic mass is 32.2. The molecule has 0 amide bonds. The zero-order chi connectivity index (χ0) is 14.8. The smallest absolute Gasteiger partial charge is 0.335 e. The summed E-state index contributed by atoms with van der Waals surface area (Å²) in [4.78, 5) is 10.7. The standard InChI is InChI=1S/C13H17NO5S/c15-12-3-1-2-10(12)8-14-20(18,19)11-6-4-9(5-7-11)13(16)17/h4-7,10,12,14-15H,1-3,8H2,(H,16,17). The molecular weight excluding hydrogens is 282 g/mol. The number of hydrogen-bond donors (Lipinski definition) is 3. The number of rotatable bonds is 5. The Balaban J connectivity index is 2.04. The molecular formula is C13H17NO5S. The number of benzene rings is 1. The van der Waals surface area contributed by atoms with Gasteiger partial charge in [0.15, 0.2) is 0 Å². The molecule has 1 aromatic rings. The summed E-state index contributed by atoms with van der Waals surface area (Å²) in [5, 5.41) is 18.4. The summed E-state index contributed by atoms with van der Waals surface area (Å²) < 4.78 is 26.5.